The molecule has 2 heteroatoms. The van der Waals surface area contributed by atoms with Gasteiger partial charge in [0.15, 0.2) is 5.78 Å². The predicted molar refractivity (Wildman–Crippen MR) is 66.4 cm³/mol. The van der Waals surface area contributed by atoms with Crippen LogP contribution < -0.4 is 0 Å². The van der Waals surface area contributed by atoms with Gasteiger partial charge in [-0.25, -0.2) is 0 Å². The lowest BCUT2D eigenvalue weighted by Gasteiger charge is -2.17. The van der Waals surface area contributed by atoms with Crippen LogP contribution in [-0.4, -0.2) is 5.78 Å². The quantitative estimate of drug-likeness (QED) is 0.580. The summed E-state index contributed by atoms with van der Waals surface area (Å²) in [7, 11) is 0. The highest BCUT2D eigenvalue weighted by molar-refractivity contribution is 6.12. The zero-order chi connectivity index (χ0) is 10.3. The number of rotatable bonds is 0. The van der Waals surface area contributed by atoms with Gasteiger partial charge >= 0.3 is 0 Å². The van der Waals surface area contributed by atoms with E-state index in [1.54, 1.807) is 0 Å². The van der Waals surface area contributed by atoms with Crippen molar-refractivity contribution in [3.8, 4) is 0 Å². The van der Waals surface area contributed by atoms with Gasteiger partial charge in [-0.15, -0.1) is 12.4 Å². The molecule has 0 spiro atoms. The molecule has 0 aromatic heterocycles. The van der Waals surface area contributed by atoms with Crippen molar-refractivity contribution in [1.29, 1.82) is 0 Å². The Kier molecular flexibility index (Phi) is 2.80. The first-order valence-corrected chi connectivity index (χ1v) is 5.07. The van der Waals surface area contributed by atoms with Crippen LogP contribution in [0.4, 0.5) is 0 Å². The molecule has 0 N–H and O–H groups in total. The molecule has 0 unspecified atom stereocenters. The molecule has 0 atom stereocenters. The normalized spacial score (nSPS) is 12.4. The highest BCUT2D eigenvalue weighted by Gasteiger charge is 2.21. The van der Waals surface area contributed by atoms with Gasteiger partial charge in [-0.1, -0.05) is 48.5 Å². The fourth-order valence-electron chi connectivity index (χ4n) is 2.14. The summed E-state index contributed by atoms with van der Waals surface area (Å²) in [5.41, 5.74) is 4.00. The second-order valence-corrected chi connectivity index (χ2v) is 3.82. The Hall–Kier alpha value is -1.60. The highest BCUT2D eigenvalue weighted by Crippen LogP contribution is 2.26. The summed E-state index contributed by atoms with van der Waals surface area (Å²) in [6.45, 7) is 0. The Labute approximate surface area is 101 Å². The molecule has 0 amide bonds. The van der Waals surface area contributed by atoms with Gasteiger partial charge < -0.3 is 0 Å². The Morgan fingerprint density at radius 1 is 0.750 bits per heavy atom. The molecule has 3 rings (SSSR count). The number of hydrogen-bond acceptors (Lipinski definition) is 1. The van der Waals surface area contributed by atoms with E-state index in [1.807, 2.05) is 48.5 Å². The van der Waals surface area contributed by atoms with E-state index in [1.165, 1.54) is 0 Å². The SMILES string of the molecule is Cl.O=C1c2ccccc2Cc2ccccc21. The molecular formula is C14H11ClO. The summed E-state index contributed by atoms with van der Waals surface area (Å²) < 4.78 is 0. The van der Waals surface area contributed by atoms with Crippen molar-refractivity contribution in [3.05, 3.63) is 70.8 Å². The summed E-state index contributed by atoms with van der Waals surface area (Å²) in [5.74, 6) is 0.160. The zero-order valence-corrected chi connectivity index (χ0v) is 9.46. The first-order valence-electron chi connectivity index (χ1n) is 5.07. The Bertz CT molecular complexity index is 498. The first kappa shape index (κ1) is 10.9. The third kappa shape index (κ3) is 1.54. The van der Waals surface area contributed by atoms with Crippen LogP contribution in [0.25, 0.3) is 0 Å². The molecule has 1 nitrogen and oxygen atoms in total. The predicted octanol–water partition coefficient (Wildman–Crippen LogP) is 3.24. The van der Waals surface area contributed by atoms with E-state index in [0.717, 1.165) is 28.7 Å². The van der Waals surface area contributed by atoms with Gasteiger partial charge in [0.25, 0.3) is 0 Å². The van der Waals surface area contributed by atoms with Crippen molar-refractivity contribution < 1.29 is 4.79 Å². The minimum absolute atomic E-state index is 0. The first-order chi connectivity index (χ1) is 7.36. The van der Waals surface area contributed by atoms with Gasteiger partial charge in [0.05, 0.1) is 0 Å². The maximum absolute atomic E-state index is 12.1. The molecule has 16 heavy (non-hydrogen) atoms. The van der Waals surface area contributed by atoms with Crippen LogP contribution >= 0.6 is 12.4 Å². The second-order valence-electron chi connectivity index (χ2n) is 3.82. The fraction of sp³-hybridized carbons (Fsp3) is 0.0714. The van der Waals surface area contributed by atoms with Crippen molar-refractivity contribution in [2.45, 2.75) is 6.42 Å². The van der Waals surface area contributed by atoms with Gasteiger partial charge in [-0.3, -0.25) is 4.79 Å². The number of fused-ring (bicyclic) bond motifs is 2. The van der Waals surface area contributed by atoms with Crippen LogP contribution in [0.5, 0.6) is 0 Å². The number of benzene rings is 2. The molecule has 0 saturated heterocycles. The minimum atomic E-state index is 0. The van der Waals surface area contributed by atoms with Crippen LogP contribution in [0.15, 0.2) is 48.5 Å². The molecule has 2 aromatic carbocycles. The molecule has 0 radical (unpaired) electrons. The smallest absolute Gasteiger partial charge is 0.193 e. The Morgan fingerprint density at radius 2 is 1.19 bits per heavy atom. The standard InChI is InChI=1S/C14H10O.ClH/c15-14-12-7-3-1-5-10(12)9-11-6-2-4-8-13(11)14;/h1-8H,9H2;1H. The molecule has 0 heterocycles. The maximum Gasteiger partial charge on any atom is 0.193 e. The van der Waals surface area contributed by atoms with Crippen molar-refractivity contribution in [1.82, 2.24) is 0 Å². The third-order valence-electron chi connectivity index (χ3n) is 2.90. The largest absolute Gasteiger partial charge is 0.289 e. The van der Waals surface area contributed by atoms with Crippen molar-refractivity contribution >= 4 is 18.2 Å². The molecule has 0 aliphatic heterocycles. The lowest BCUT2D eigenvalue weighted by Crippen LogP contribution is -2.14. The van der Waals surface area contributed by atoms with E-state index >= 15 is 0 Å². The molecule has 0 bridgehead atoms. The Morgan fingerprint density at radius 3 is 1.69 bits per heavy atom. The number of ketones is 1. The van der Waals surface area contributed by atoms with E-state index in [2.05, 4.69) is 0 Å². The maximum atomic E-state index is 12.1. The summed E-state index contributed by atoms with van der Waals surface area (Å²) in [4.78, 5) is 12.1. The van der Waals surface area contributed by atoms with Gasteiger partial charge in [0.2, 0.25) is 0 Å². The van der Waals surface area contributed by atoms with Crippen molar-refractivity contribution in [3.63, 3.8) is 0 Å². The average Bonchev–Trinajstić information content (AvgIpc) is 2.30. The van der Waals surface area contributed by atoms with Crippen LogP contribution in [0.3, 0.4) is 0 Å². The van der Waals surface area contributed by atoms with Gasteiger partial charge in [-0.2, -0.15) is 0 Å². The number of carbonyl (C=O) groups is 1. The van der Waals surface area contributed by atoms with Gasteiger partial charge in [-0.05, 0) is 17.5 Å². The van der Waals surface area contributed by atoms with Crippen molar-refractivity contribution in [2.75, 3.05) is 0 Å². The van der Waals surface area contributed by atoms with E-state index in [0.29, 0.717) is 0 Å². The molecule has 1 aliphatic rings. The number of hydrogen-bond donors (Lipinski definition) is 0. The van der Waals surface area contributed by atoms with Crippen LogP contribution in [0.1, 0.15) is 27.0 Å². The lowest BCUT2D eigenvalue weighted by molar-refractivity contribution is 0.103. The van der Waals surface area contributed by atoms with Crippen molar-refractivity contribution in [2.24, 2.45) is 0 Å². The zero-order valence-electron chi connectivity index (χ0n) is 8.64. The summed E-state index contributed by atoms with van der Waals surface area (Å²) >= 11 is 0. The third-order valence-corrected chi connectivity index (χ3v) is 2.90. The lowest BCUT2D eigenvalue weighted by atomic mass is 9.85. The molecular weight excluding hydrogens is 220 g/mol. The van der Waals surface area contributed by atoms with E-state index in [9.17, 15) is 4.79 Å². The average molecular weight is 231 g/mol. The van der Waals surface area contributed by atoms with E-state index in [4.69, 9.17) is 0 Å². The summed E-state index contributed by atoms with van der Waals surface area (Å²) in [6, 6.07) is 15.7. The second kappa shape index (κ2) is 4.11. The molecule has 1 aliphatic carbocycles. The molecule has 0 saturated carbocycles. The topological polar surface area (TPSA) is 17.1 Å². The fourth-order valence-corrected chi connectivity index (χ4v) is 2.14. The number of halogens is 1. The van der Waals surface area contributed by atoms with Gasteiger partial charge in [0, 0.05) is 11.1 Å². The molecule has 80 valence electrons. The van der Waals surface area contributed by atoms with E-state index in [-0.39, 0.29) is 18.2 Å². The van der Waals surface area contributed by atoms with E-state index < -0.39 is 0 Å². The molecule has 2 aromatic rings. The summed E-state index contributed by atoms with van der Waals surface area (Å²) in [6.07, 6.45) is 0.873. The van der Waals surface area contributed by atoms with Crippen LogP contribution in [0, 0.1) is 0 Å². The highest BCUT2D eigenvalue weighted by atomic mass is 35.5. The van der Waals surface area contributed by atoms with Crippen LogP contribution in [-0.2, 0) is 6.42 Å². The minimum Gasteiger partial charge on any atom is -0.289 e. The van der Waals surface area contributed by atoms with Gasteiger partial charge in [0.1, 0.15) is 0 Å². The monoisotopic (exact) mass is 230 g/mol. The Balaban J connectivity index is 0.000000963. The summed E-state index contributed by atoms with van der Waals surface area (Å²) in [5, 5.41) is 0. The van der Waals surface area contributed by atoms with Crippen LogP contribution in [0.2, 0.25) is 0 Å². The molecule has 0 fully saturated rings. The number of carbonyl (C=O) groups excluding carboxylic acids is 1.